The molecule has 0 heterocycles. The highest BCUT2D eigenvalue weighted by Crippen LogP contribution is 2.22. The number of aliphatic carboxylic acids is 1. The number of benzene rings is 1. The van der Waals surface area contributed by atoms with E-state index >= 15 is 0 Å². The number of carbonyl (C=O) groups excluding carboxylic acids is 1. The van der Waals surface area contributed by atoms with Crippen LogP contribution >= 0.6 is 0 Å². The molecule has 0 radical (unpaired) electrons. The summed E-state index contributed by atoms with van der Waals surface area (Å²) in [5.74, 6) is -0.893. The molecule has 1 aromatic carbocycles. The van der Waals surface area contributed by atoms with Gasteiger partial charge in [0.15, 0.2) is 0 Å². The normalized spacial score (nSPS) is 12.7. The number of carboxylic acid groups (broad SMARTS) is 1. The third-order valence-electron chi connectivity index (χ3n) is 3.64. The van der Waals surface area contributed by atoms with Crippen LogP contribution in [0.1, 0.15) is 44.7 Å². The van der Waals surface area contributed by atoms with Crippen molar-refractivity contribution in [2.45, 2.75) is 51.6 Å². The molecule has 0 spiro atoms. The number of hydrogen-bond acceptors (Lipinski definition) is 3. The molecule has 0 unspecified atom stereocenters. The van der Waals surface area contributed by atoms with E-state index in [-0.39, 0.29) is 5.41 Å². The summed E-state index contributed by atoms with van der Waals surface area (Å²) in [5, 5.41) is 14.7. The SMILES string of the molecule is CC(C)(C)c1ccc(CN[C@@H](CCCNC(N)=O)C(=O)O)cc1. The van der Waals surface area contributed by atoms with Crippen LogP contribution < -0.4 is 16.4 Å². The third-order valence-corrected chi connectivity index (χ3v) is 3.64. The zero-order valence-electron chi connectivity index (χ0n) is 14.1. The van der Waals surface area contributed by atoms with Crippen molar-refractivity contribution in [2.75, 3.05) is 6.54 Å². The van der Waals surface area contributed by atoms with E-state index in [4.69, 9.17) is 5.73 Å². The molecule has 5 N–H and O–H groups in total. The molecule has 2 amide bonds. The smallest absolute Gasteiger partial charge is 0.320 e. The van der Waals surface area contributed by atoms with Crippen molar-refractivity contribution in [3.63, 3.8) is 0 Å². The van der Waals surface area contributed by atoms with Gasteiger partial charge >= 0.3 is 12.0 Å². The summed E-state index contributed by atoms with van der Waals surface area (Å²) in [5.41, 5.74) is 7.35. The number of nitrogens with one attached hydrogen (secondary N) is 2. The second-order valence-electron chi connectivity index (χ2n) is 6.65. The molecule has 1 atom stereocenters. The number of rotatable bonds is 8. The lowest BCUT2D eigenvalue weighted by Crippen LogP contribution is -2.37. The fraction of sp³-hybridized carbons (Fsp3) is 0.529. The van der Waals surface area contributed by atoms with Crippen molar-refractivity contribution in [3.8, 4) is 0 Å². The van der Waals surface area contributed by atoms with Gasteiger partial charge in [-0.1, -0.05) is 45.0 Å². The predicted molar refractivity (Wildman–Crippen MR) is 90.2 cm³/mol. The van der Waals surface area contributed by atoms with E-state index in [0.29, 0.717) is 25.9 Å². The first-order valence-electron chi connectivity index (χ1n) is 7.79. The molecule has 1 aromatic rings. The van der Waals surface area contributed by atoms with Crippen LogP contribution in [0.25, 0.3) is 0 Å². The van der Waals surface area contributed by atoms with Gasteiger partial charge in [-0.05, 0) is 29.4 Å². The molecule has 0 saturated carbocycles. The van der Waals surface area contributed by atoms with Crippen LogP contribution in [0.4, 0.5) is 4.79 Å². The average molecular weight is 321 g/mol. The number of urea groups is 1. The summed E-state index contributed by atoms with van der Waals surface area (Å²) < 4.78 is 0. The Hall–Kier alpha value is -2.08. The van der Waals surface area contributed by atoms with Crippen molar-refractivity contribution >= 4 is 12.0 Å². The molecule has 0 aliphatic rings. The zero-order chi connectivity index (χ0) is 17.5. The van der Waals surface area contributed by atoms with E-state index in [0.717, 1.165) is 5.56 Å². The van der Waals surface area contributed by atoms with Gasteiger partial charge in [-0.25, -0.2) is 4.79 Å². The number of hydrogen-bond donors (Lipinski definition) is 4. The van der Waals surface area contributed by atoms with Crippen LogP contribution in [-0.2, 0) is 16.8 Å². The molecule has 0 fully saturated rings. The monoisotopic (exact) mass is 321 g/mol. The zero-order valence-corrected chi connectivity index (χ0v) is 14.1. The van der Waals surface area contributed by atoms with E-state index in [2.05, 4.69) is 43.5 Å². The Morgan fingerprint density at radius 2 is 1.83 bits per heavy atom. The van der Waals surface area contributed by atoms with Gasteiger partial charge < -0.3 is 21.5 Å². The number of carboxylic acids is 1. The summed E-state index contributed by atoms with van der Waals surface area (Å²) >= 11 is 0. The first kappa shape index (κ1) is 19.0. The van der Waals surface area contributed by atoms with Crippen molar-refractivity contribution in [1.82, 2.24) is 10.6 Å². The second kappa shape index (κ2) is 8.53. The van der Waals surface area contributed by atoms with Gasteiger partial charge in [-0.2, -0.15) is 0 Å². The summed E-state index contributed by atoms with van der Waals surface area (Å²) in [6.07, 6.45) is 0.978. The van der Waals surface area contributed by atoms with E-state index in [1.807, 2.05) is 12.1 Å². The predicted octanol–water partition coefficient (Wildman–Crippen LogP) is 1.98. The maximum absolute atomic E-state index is 11.3. The largest absolute Gasteiger partial charge is 0.480 e. The highest BCUT2D eigenvalue weighted by atomic mass is 16.4. The standard InChI is InChI=1S/C17H27N3O3/c1-17(2,3)13-8-6-12(7-9-13)11-20-14(15(21)22)5-4-10-19-16(18)23/h6-9,14,20H,4-5,10-11H2,1-3H3,(H,21,22)(H3,18,19,23)/t14-/m0/s1. The fourth-order valence-corrected chi connectivity index (χ4v) is 2.19. The quantitative estimate of drug-likeness (QED) is 0.549. The number of carbonyl (C=O) groups is 2. The Bertz CT molecular complexity index is 521. The van der Waals surface area contributed by atoms with Crippen molar-refractivity contribution in [2.24, 2.45) is 5.73 Å². The first-order chi connectivity index (χ1) is 10.7. The molecule has 0 aliphatic heterocycles. The highest BCUT2D eigenvalue weighted by molar-refractivity contribution is 5.73. The molecule has 6 heteroatoms. The minimum atomic E-state index is -0.893. The van der Waals surface area contributed by atoms with Crippen LogP contribution in [0.3, 0.4) is 0 Å². The molecule has 1 rings (SSSR count). The van der Waals surface area contributed by atoms with Crippen molar-refractivity contribution in [1.29, 1.82) is 0 Å². The van der Waals surface area contributed by atoms with Crippen molar-refractivity contribution in [3.05, 3.63) is 35.4 Å². The lowest BCUT2D eigenvalue weighted by Gasteiger charge is -2.19. The van der Waals surface area contributed by atoms with Gasteiger partial charge in [0.05, 0.1) is 0 Å². The maximum atomic E-state index is 11.3. The minimum absolute atomic E-state index is 0.100. The number of amides is 2. The van der Waals surface area contributed by atoms with Crippen LogP contribution in [-0.4, -0.2) is 29.7 Å². The second-order valence-corrected chi connectivity index (χ2v) is 6.65. The molecular weight excluding hydrogens is 294 g/mol. The third kappa shape index (κ3) is 7.15. The van der Waals surface area contributed by atoms with Crippen LogP contribution in [0.5, 0.6) is 0 Å². The molecule has 128 valence electrons. The van der Waals surface area contributed by atoms with Gasteiger partial charge in [-0.3, -0.25) is 4.79 Å². The lowest BCUT2D eigenvalue weighted by molar-refractivity contribution is -0.139. The van der Waals surface area contributed by atoms with E-state index in [1.165, 1.54) is 5.56 Å². The van der Waals surface area contributed by atoms with Gasteiger partial charge in [0, 0.05) is 13.1 Å². The summed E-state index contributed by atoms with van der Waals surface area (Å²) in [7, 11) is 0. The van der Waals surface area contributed by atoms with E-state index in [1.54, 1.807) is 0 Å². The molecule has 0 aromatic heterocycles. The van der Waals surface area contributed by atoms with Gasteiger partial charge in [-0.15, -0.1) is 0 Å². The Morgan fingerprint density at radius 1 is 1.22 bits per heavy atom. The fourth-order valence-electron chi connectivity index (χ4n) is 2.19. The van der Waals surface area contributed by atoms with Crippen LogP contribution in [0.15, 0.2) is 24.3 Å². The first-order valence-corrected chi connectivity index (χ1v) is 7.79. The molecule has 0 saturated heterocycles. The summed E-state index contributed by atoms with van der Waals surface area (Å²) in [6.45, 7) is 7.33. The molecular formula is C17H27N3O3. The molecule has 6 nitrogen and oxygen atoms in total. The molecule has 0 aliphatic carbocycles. The molecule has 23 heavy (non-hydrogen) atoms. The topological polar surface area (TPSA) is 104 Å². The van der Waals surface area contributed by atoms with Crippen molar-refractivity contribution < 1.29 is 14.7 Å². The van der Waals surface area contributed by atoms with E-state index in [9.17, 15) is 14.7 Å². The summed E-state index contributed by atoms with van der Waals surface area (Å²) in [6, 6.07) is 6.94. The number of primary amides is 1. The van der Waals surface area contributed by atoms with E-state index < -0.39 is 18.0 Å². The Balaban J connectivity index is 2.48. The number of nitrogens with two attached hydrogens (primary N) is 1. The van der Waals surface area contributed by atoms with Crippen LogP contribution in [0.2, 0.25) is 0 Å². The summed E-state index contributed by atoms with van der Waals surface area (Å²) in [4.78, 5) is 21.8. The maximum Gasteiger partial charge on any atom is 0.320 e. The Morgan fingerprint density at radius 3 is 2.30 bits per heavy atom. The minimum Gasteiger partial charge on any atom is -0.480 e. The van der Waals surface area contributed by atoms with Gasteiger partial charge in [0.2, 0.25) is 0 Å². The molecule has 0 bridgehead atoms. The van der Waals surface area contributed by atoms with Crippen LogP contribution in [0, 0.1) is 0 Å². The average Bonchev–Trinajstić information content (AvgIpc) is 2.45. The highest BCUT2D eigenvalue weighted by Gasteiger charge is 2.17. The Kier molecular flexibility index (Phi) is 7.03. The van der Waals surface area contributed by atoms with Gasteiger partial charge in [0.1, 0.15) is 6.04 Å². The lowest BCUT2D eigenvalue weighted by atomic mass is 9.87. The Labute approximate surface area is 137 Å². The van der Waals surface area contributed by atoms with Gasteiger partial charge in [0.25, 0.3) is 0 Å².